The summed E-state index contributed by atoms with van der Waals surface area (Å²) in [6, 6.07) is 4.24. The maximum atomic E-state index is 13.0. The minimum Gasteiger partial charge on any atom is -0.380 e. The Labute approximate surface area is 150 Å². The monoisotopic (exact) mass is 393 g/mol. The molecule has 1 atom stereocenters. The number of hydrogen-bond acceptors (Lipinski definition) is 4. The number of aryl methyl sites for hydroxylation is 1. The van der Waals surface area contributed by atoms with E-state index < -0.39 is 40.4 Å². The van der Waals surface area contributed by atoms with E-state index in [0.717, 1.165) is 6.26 Å². The van der Waals surface area contributed by atoms with Gasteiger partial charge in [-0.3, -0.25) is 4.79 Å². The topological polar surface area (TPSA) is 74.7 Å². The molecule has 0 aromatic heterocycles. The van der Waals surface area contributed by atoms with Crippen LogP contribution < -0.4 is 0 Å². The molecule has 0 radical (unpaired) electrons. The lowest BCUT2D eigenvalue weighted by Crippen LogP contribution is -2.46. The van der Waals surface area contributed by atoms with Crippen molar-refractivity contribution in [3.63, 3.8) is 0 Å². The molecule has 1 fully saturated rings. The molecule has 0 spiro atoms. The van der Waals surface area contributed by atoms with Crippen molar-refractivity contribution in [1.82, 2.24) is 4.90 Å². The third-order valence-corrected chi connectivity index (χ3v) is 5.86. The fraction of sp³-hybridized carbons (Fsp3) is 0.588. The summed E-state index contributed by atoms with van der Waals surface area (Å²) in [6.45, 7) is 1.63. The molecule has 9 heteroatoms. The van der Waals surface area contributed by atoms with Gasteiger partial charge in [-0.05, 0) is 37.0 Å². The maximum Gasteiger partial charge on any atom is 0.417 e. The predicted molar refractivity (Wildman–Crippen MR) is 89.7 cm³/mol. The number of nitrogens with zero attached hydrogens (tertiary/aromatic N) is 1. The van der Waals surface area contributed by atoms with Gasteiger partial charge < -0.3 is 10.0 Å². The summed E-state index contributed by atoms with van der Waals surface area (Å²) in [4.78, 5) is 14.1. The van der Waals surface area contributed by atoms with Crippen molar-refractivity contribution >= 4 is 15.7 Å². The lowest BCUT2D eigenvalue weighted by molar-refractivity contribution is -0.263. The van der Waals surface area contributed by atoms with Gasteiger partial charge in [-0.2, -0.15) is 13.2 Å². The minimum absolute atomic E-state index is 0.00890. The highest BCUT2D eigenvalue weighted by Gasteiger charge is 2.53. The van der Waals surface area contributed by atoms with Crippen LogP contribution in [0, 0.1) is 0 Å². The van der Waals surface area contributed by atoms with E-state index in [9.17, 15) is 31.5 Å². The molecule has 146 valence electrons. The molecule has 1 aliphatic heterocycles. The van der Waals surface area contributed by atoms with Gasteiger partial charge in [-0.1, -0.05) is 13.0 Å². The van der Waals surface area contributed by atoms with E-state index in [4.69, 9.17) is 0 Å². The fourth-order valence-corrected chi connectivity index (χ4v) is 3.72. The molecule has 1 unspecified atom stereocenters. The number of benzene rings is 1. The van der Waals surface area contributed by atoms with Gasteiger partial charge >= 0.3 is 6.18 Å². The summed E-state index contributed by atoms with van der Waals surface area (Å²) in [7, 11) is -3.52. The van der Waals surface area contributed by atoms with E-state index in [2.05, 4.69) is 0 Å². The Morgan fingerprint density at radius 1 is 1.27 bits per heavy atom. The number of halogens is 3. The number of likely N-dealkylation sites (tertiary alicyclic amines) is 1. The van der Waals surface area contributed by atoms with E-state index in [-0.39, 0.29) is 30.0 Å². The van der Waals surface area contributed by atoms with Crippen LogP contribution in [-0.4, -0.2) is 55.5 Å². The van der Waals surface area contributed by atoms with Crippen LogP contribution in [0.2, 0.25) is 0 Å². The summed E-state index contributed by atoms with van der Waals surface area (Å²) >= 11 is 0. The van der Waals surface area contributed by atoms with E-state index >= 15 is 0 Å². The molecular formula is C17H22F3NO4S. The second-order valence-corrected chi connectivity index (χ2v) is 8.64. The van der Waals surface area contributed by atoms with Crippen molar-refractivity contribution in [3.8, 4) is 0 Å². The Bertz CT molecular complexity index is 792. The Morgan fingerprint density at radius 2 is 1.92 bits per heavy atom. The van der Waals surface area contributed by atoms with Crippen molar-refractivity contribution in [2.75, 3.05) is 19.3 Å². The van der Waals surface area contributed by atoms with Crippen LogP contribution in [0.15, 0.2) is 23.1 Å². The van der Waals surface area contributed by atoms with Crippen LogP contribution in [-0.2, 0) is 16.3 Å². The van der Waals surface area contributed by atoms with Gasteiger partial charge in [0.1, 0.15) is 0 Å². The average Bonchev–Trinajstić information content (AvgIpc) is 2.75. The van der Waals surface area contributed by atoms with Gasteiger partial charge in [0.25, 0.3) is 5.91 Å². The van der Waals surface area contributed by atoms with Gasteiger partial charge in [0, 0.05) is 31.3 Å². The van der Waals surface area contributed by atoms with Crippen molar-refractivity contribution in [3.05, 3.63) is 29.3 Å². The van der Waals surface area contributed by atoms with Gasteiger partial charge in [0.2, 0.25) is 0 Å². The number of sulfone groups is 1. The zero-order valence-corrected chi connectivity index (χ0v) is 15.5. The number of carbonyl (C=O) groups is 1. The zero-order valence-electron chi connectivity index (χ0n) is 14.6. The molecule has 2 rings (SSSR count). The Morgan fingerprint density at radius 3 is 2.46 bits per heavy atom. The molecule has 1 heterocycles. The number of aliphatic hydroxyl groups is 1. The number of hydrogen-bond donors (Lipinski definition) is 1. The summed E-state index contributed by atoms with van der Waals surface area (Å²) in [5.74, 6) is -0.515. The summed E-state index contributed by atoms with van der Waals surface area (Å²) in [6.07, 6.45) is -4.31. The Balaban J connectivity index is 2.32. The summed E-state index contributed by atoms with van der Waals surface area (Å²) in [5.41, 5.74) is -2.00. The molecule has 0 saturated carbocycles. The number of carbonyl (C=O) groups excluding carboxylic acids is 1. The Hall–Kier alpha value is -1.61. The Kier molecular flexibility index (Phi) is 5.72. The summed E-state index contributed by atoms with van der Waals surface area (Å²) < 4.78 is 62.6. The van der Waals surface area contributed by atoms with Crippen LogP contribution >= 0.6 is 0 Å². The van der Waals surface area contributed by atoms with Crippen molar-refractivity contribution in [2.45, 2.75) is 49.3 Å². The molecule has 5 nitrogen and oxygen atoms in total. The first-order valence-corrected chi connectivity index (χ1v) is 10.2. The molecule has 1 aromatic carbocycles. The van der Waals surface area contributed by atoms with E-state index in [1.165, 1.54) is 17.0 Å². The molecular weight excluding hydrogens is 371 g/mol. The number of amides is 1. The minimum atomic E-state index is -4.75. The highest BCUT2D eigenvalue weighted by molar-refractivity contribution is 7.90. The van der Waals surface area contributed by atoms with Gasteiger partial charge in [-0.15, -0.1) is 0 Å². The van der Waals surface area contributed by atoms with Crippen molar-refractivity contribution < 1.29 is 31.5 Å². The van der Waals surface area contributed by atoms with Crippen LogP contribution in [0.5, 0.6) is 0 Å². The normalized spacial score (nSPS) is 22.2. The molecule has 1 aromatic rings. The van der Waals surface area contributed by atoms with Gasteiger partial charge in [0.15, 0.2) is 15.4 Å². The zero-order chi connectivity index (χ0) is 19.8. The van der Waals surface area contributed by atoms with Crippen LogP contribution in [0.25, 0.3) is 0 Å². The second kappa shape index (κ2) is 7.19. The quantitative estimate of drug-likeness (QED) is 0.857. The summed E-state index contributed by atoms with van der Waals surface area (Å²) in [5, 5.41) is 9.87. The van der Waals surface area contributed by atoms with Crippen molar-refractivity contribution in [1.29, 1.82) is 0 Å². The molecule has 1 amide bonds. The highest BCUT2D eigenvalue weighted by atomic mass is 32.2. The molecule has 0 bridgehead atoms. The fourth-order valence-electron chi connectivity index (χ4n) is 3.07. The van der Waals surface area contributed by atoms with Gasteiger partial charge in [0.05, 0.1) is 4.90 Å². The second-order valence-electron chi connectivity index (χ2n) is 6.62. The van der Waals surface area contributed by atoms with E-state index in [1.807, 2.05) is 0 Å². The molecule has 1 N–H and O–H groups in total. The highest BCUT2D eigenvalue weighted by Crippen LogP contribution is 2.38. The smallest absolute Gasteiger partial charge is 0.380 e. The van der Waals surface area contributed by atoms with Crippen LogP contribution in [0.4, 0.5) is 13.2 Å². The SMILES string of the molecule is CCc1ccc(S(C)(=O)=O)cc1C(=O)N1CCCC(O)(C(F)(F)F)CC1. The van der Waals surface area contributed by atoms with E-state index in [0.29, 0.717) is 12.0 Å². The predicted octanol–water partition coefficient (Wildman–Crippen LogP) is 2.57. The molecule has 1 saturated heterocycles. The third-order valence-electron chi connectivity index (χ3n) is 4.75. The first-order chi connectivity index (χ1) is 11.9. The first kappa shape index (κ1) is 20.7. The largest absolute Gasteiger partial charge is 0.417 e. The average molecular weight is 393 g/mol. The van der Waals surface area contributed by atoms with Gasteiger partial charge in [-0.25, -0.2) is 8.42 Å². The van der Waals surface area contributed by atoms with E-state index in [1.54, 1.807) is 13.0 Å². The lowest BCUT2D eigenvalue weighted by Gasteiger charge is -2.29. The molecule has 0 aliphatic carbocycles. The maximum absolute atomic E-state index is 13.0. The first-order valence-electron chi connectivity index (χ1n) is 8.30. The van der Waals surface area contributed by atoms with Crippen molar-refractivity contribution in [2.24, 2.45) is 0 Å². The number of alkyl halides is 3. The van der Waals surface area contributed by atoms with Crippen LogP contribution in [0.3, 0.4) is 0 Å². The lowest BCUT2D eigenvalue weighted by atomic mass is 9.94. The van der Waals surface area contributed by atoms with Crippen LogP contribution in [0.1, 0.15) is 42.1 Å². The molecule has 1 aliphatic rings. The number of rotatable bonds is 3. The standard InChI is InChI=1S/C17H22F3NO4S/c1-3-12-5-6-13(26(2,24)25)11-14(12)15(22)21-9-4-7-16(23,8-10-21)17(18,19)20/h5-6,11,23H,3-4,7-10H2,1-2H3. The third kappa shape index (κ3) is 4.20. The molecule has 26 heavy (non-hydrogen) atoms.